The van der Waals surface area contributed by atoms with Crippen LogP contribution in [0.25, 0.3) is 0 Å². The van der Waals surface area contributed by atoms with Crippen LogP contribution in [0.1, 0.15) is 22.6 Å². The zero-order chi connectivity index (χ0) is 25.8. The van der Waals surface area contributed by atoms with Gasteiger partial charge in [-0.25, -0.2) is 4.39 Å². The molecule has 184 valence electrons. The summed E-state index contributed by atoms with van der Waals surface area (Å²) in [7, 11) is 3.78. The lowest BCUT2D eigenvalue weighted by Gasteiger charge is -2.35. The van der Waals surface area contributed by atoms with Gasteiger partial charge in [-0.3, -0.25) is 0 Å². The molecule has 3 aromatic rings. The second-order valence-corrected chi connectivity index (χ2v) is 8.82. The molecule has 0 aromatic heterocycles. The predicted molar refractivity (Wildman–Crippen MR) is 135 cm³/mol. The Morgan fingerprint density at radius 2 is 1.54 bits per heavy atom. The third-order valence-electron chi connectivity index (χ3n) is 5.84. The molecule has 7 heteroatoms. The summed E-state index contributed by atoms with van der Waals surface area (Å²) in [4.78, 5) is 3.77. The van der Waals surface area contributed by atoms with E-state index in [9.17, 15) is 17.6 Å². The van der Waals surface area contributed by atoms with Crippen LogP contribution < -0.4 is 4.90 Å². The third-order valence-corrected chi connectivity index (χ3v) is 6.15. The molecule has 35 heavy (non-hydrogen) atoms. The van der Waals surface area contributed by atoms with Crippen LogP contribution in [0, 0.1) is 5.82 Å². The van der Waals surface area contributed by atoms with Gasteiger partial charge in [0.2, 0.25) is 0 Å². The number of hydrogen-bond donors (Lipinski definition) is 0. The van der Waals surface area contributed by atoms with E-state index in [-0.39, 0.29) is 10.9 Å². The molecule has 0 radical (unpaired) electrons. The number of benzene rings is 3. The first kappa shape index (κ1) is 26.4. The monoisotopic (exact) mass is 502 g/mol. The largest absolute Gasteiger partial charge is 0.416 e. The standard InChI is InChI=1S/C28H27ClF4N2/c1-19(34(3)4)27(22-8-6-5-7-9-22)20(2)35(24-14-15-25(29)26(30)18-24)17-16-21-10-12-23(13-11-21)28(31,32)33/h5-15,18,27H,1-2,16-17H2,3-4H3. The first-order valence-corrected chi connectivity index (χ1v) is 11.4. The van der Waals surface area contributed by atoms with Crippen LogP contribution in [0.15, 0.2) is 97.3 Å². The van der Waals surface area contributed by atoms with Gasteiger partial charge in [0.15, 0.2) is 0 Å². The number of nitrogens with zero attached hydrogens (tertiary/aromatic N) is 2. The topological polar surface area (TPSA) is 6.48 Å². The SMILES string of the molecule is C=C(C(C(=C)N(CCc1ccc(C(F)(F)F)cc1)c1ccc(Cl)c(F)c1)c1ccccc1)N(C)C. The van der Waals surface area contributed by atoms with Crippen molar-refractivity contribution >= 4 is 17.3 Å². The van der Waals surface area contributed by atoms with Crippen LogP contribution in [-0.2, 0) is 12.6 Å². The highest BCUT2D eigenvalue weighted by molar-refractivity contribution is 6.30. The van der Waals surface area contributed by atoms with Crippen LogP contribution in [0.2, 0.25) is 5.02 Å². The van der Waals surface area contributed by atoms with Gasteiger partial charge >= 0.3 is 6.18 Å². The summed E-state index contributed by atoms with van der Waals surface area (Å²) in [6, 6.07) is 19.3. The van der Waals surface area contributed by atoms with Crippen molar-refractivity contribution in [2.24, 2.45) is 0 Å². The maximum absolute atomic E-state index is 14.4. The zero-order valence-corrected chi connectivity index (χ0v) is 20.4. The zero-order valence-electron chi connectivity index (χ0n) is 19.6. The molecule has 0 fully saturated rings. The Kier molecular flexibility index (Phi) is 8.28. The molecule has 0 N–H and O–H groups in total. The lowest BCUT2D eigenvalue weighted by molar-refractivity contribution is -0.137. The maximum Gasteiger partial charge on any atom is 0.416 e. The molecule has 0 aliphatic rings. The van der Waals surface area contributed by atoms with Gasteiger partial charge in [-0.15, -0.1) is 0 Å². The Morgan fingerprint density at radius 3 is 2.09 bits per heavy atom. The van der Waals surface area contributed by atoms with E-state index in [1.165, 1.54) is 24.3 Å². The molecule has 0 bridgehead atoms. The van der Waals surface area contributed by atoms with Gasteiger partial charge in [0.1, 0.15) is 5.82 Å². The van der Waals surface area contributed by atoms with Crippen molar-refractivity contribution in [2.75, 3.05) is 25.5 Å². The van der Waals surface area contributed by atoms with E-state index in [2.05, 4.69) is 13.2 Å². The fourth-order valence-corrected chi connectivity index (χ4v) is 3.95. The summed E-state index contributed by atoms with van der Waals surface area (Å²) in [5.41, 5.74) is 2.96. The highest BCUT2D eigenvalue weighted by Gasteiger charge is 2.30. The number of anilines is 1. The number of likely N-dealkylation sites (N-methyl/N-ethyl adjacent to an activating group) is 1. The molecule has 1 atom stereocenters. The highest BCUT2D eigenvalue weighted by Crippen LogP contribution is 2.36. The molecule has 0 saturated heterocycles. The van der Waals surface area contributed by atoms with Crippen molar-refractivity contribution in [2.45, 2.75) is 18.5 Å². The number of rotatable bonds is 9. The van der Waals surface area contributed by atoms with Crippen molar-refractivity contribution in [1.82, 2.24) is 4.90 Å². The third kappa shape index (κ3) is 6.45. The molecule has 0 heterocycles. The Labute approximate surface area is 208 Å². The van der Waals surface area contributed by atoms with Gasteiger partial charge in [0.05, 0.1) is 16.5 Å². The molecule has 0 amide bonds. The van der Waals surface area contributed by atoms with E-state index in [4.69, 9.17) is 11.6 Å². The second kappa shape index (κ2) is 11.0. The van der Waals surface area contributed by atoms with E-state index in [0.717, 1.165) is 23.4 Å². The van der Waals surface area contributed by atoms with Crippen molar-refractivity contribution in [1.29, 1.82) is 0 Å². The van der Waals surface area contributed by atoms with Gasteiger partial charge in [-0.05, 0) is 47.9 Å². The highest BCUT2D eigenvalue weighted by atomic mass is 35.5. The summed E-state index contributed by atoms with van der Waals surface area (Å²) >= 11 is 5.91. The van der Waals surface area contributed by atoms with Crippen LogP contribution in [-0.4, -0.2) is 25.5 Å². The van der Waals surface area contributed by atoms with Gasteiger partial charge < -0.3 is 9.80 Å². The normalized spacial score (nSPS) is 12.2. The summed E-state index contributed by atoms with van der Waals surface area (Å²) in [6.07, 6.45) is -3.98. The van der Waals surface area contributed by atoms with E-state index in [1.807, 2.05) is 54.2 Å². The van der Waals surface area contributed by atoms with Crippen molar-refractivity contribution in [3.8, 4) is 0 Å². The average Bonchev–Trinajstić information content (AvgIpc) is 2.82. The first-order valence-electron chi connectivity index (χ1n) is 11.0. The van der Waals surface area contributed by atoms with Gasteiger partial charge in [-0.1, -0.05) is 67.2 Å². The van der Waals surface area contributed by atoms with E-state index in [0.29, 0.717) is 29.9 Å². The van der Waals surface area contributed by atoms with E-state index in [1.54, 1.807) is 6.07 Å². The quantitative estimate of drug-likeness (QED) is 0.274. The fourth-order valence-electron chi connectivity index (χ4n) is 3.83. The minimum atomic E-state index is -4.39. The first-order chi connectivity index (χ1) is 16.5. The molecule has 3 aromatic carbocycles. The number of alkyl halides is 3. The predicted octanol–water partition coefficient (Wildman–Crippen LogP) is 7.92. The Hall–Kier alpha value is -3.25. The summed E-state index contributed by atoms with van der Waals surface area (Å²) in [5, 5.41) is -0.000590. The number of hydrogen-bond acceptors (Lipinski definition) is 2. The lowest BCUT2D eigenvalue weighted by Crippen LogP contribution is -2.31. The smallest absolute Gasteiger partial charge is 0.381 e. The van der Waals surface area contributed by atoms with Gasteiger partial charge in [0.25, 0.3) is 0 Å². The number of halogens is 5. The molecule has 1 unspecified atom stereocenters. The van der Waals surface area contributed by atoms with Crippen molar-refractivity contribution in [3.63, 3.8) is 0 Å². The molecule has 3 rings (SSSR count). The Morgan fingerprint density at radius 1 is 0.914 bits per heavy atom. The second-order valence-electron chi connectivity index (χ2n) is 8.42. The van der Waals surface area contributed by atoms with E-state index >= 15 is 0 Å². The average molecular weight is 503 g/mol. The summed E-state index contributed by atoms with van der Waals surface area (Å²) < 4.78 is 53.2. The van der Waals surface area contributed by atoms with Crippen molar-refractivity contribution in [3.05, 3.63) is 125 Å². The van der Waals surface area contributed by atoms with Crippen LogP contribution in [0.4, 0.5) is 23.2 Å². The Balaban J connectivity index is 1.97. The summed E-state index contributed by atoms with van der Waals surface area (Å²) in [5.74, 6) is -0.878. The minimum Gasteiger partial charge on any atom is -0.381 e. The van der Waals surface area contributed by atoms with Gasteiger partial charge in [-0.2, -0.15) is 13.2 Å². The maximum atomic E-state index is 14.4. The molecule has 0 saturated carbocycles. The minimum absolute atomic E-state index is 0.000590. The van der Waals surface area contributed by atoms with Gasteiger partial charge in [0, 0.05) is 37.7 Å². The molecular weight excluding hydrogens is 476 g/mol. The van der Waals surface area contributed by atoms with Crippen LogP contribution in [0.5, 0.6) is 0 Å². The molecule has 0 spiro atoms. The van der Waals surface area contributed by atoms with Crippen LogP contribution in [0.3, 0.4) is 0 Å². The van der Waals surface area contributed by atoms with E-state index < -0.39 is 17.6 Å². The fraction of sp³-hybridized carbons (Fsp3) is 0.214. The molecule has 0 aliphatic carbocycles. The van der Waals surface area contributed by atoms with Crippen LogP contribution >= 0.6 is 11.6 Å². The molecular formula is C28H27ClF4N2. The lowest BCUT2D eigenvalue weighted by atomic mass is 9.91. The van der Waals surface area contributed by atoms with Crippen molar-refractivity contribution < 1.29 is 17.6 Å². The molecule has 2 nitrogen and oxygen atoms in total. The Bertz CT molecular complexity index is 1170. The molecule has 0 aliphatic heterocycles. The summed E-state index contributed by atoms with van der Waals surface area (Å²) in [6.45, 7) is 8.96.